The minimum absolute atomic E-state index is 0.227. The van der Waals surface area contributed by atoms with E-state index in [0.29, 0.717) is 5.92 Å². The second-order valence-electron chi connectivity index (χ2n) is 7.40. The standard InChI is InChI=1S/C18H28N2OSSi/c1-22-18(20-13-23(2,3)4)16-7-5-14(6-8-16)11-12-19-17(21)15-9-10-15/h5-8,15H,9-13H2,1-4H3,(H,19,21). The van der Waals surface area contributed by atoms with Crippen molar-refractivity contribution in [3.05, 3.63) is 35.4 Å². The average molecular weight is 349 g/mol. The molecule has 0 aliphatic heterocycles. The summed E-state index contributed by atoms with van der Waals surface area (Å²) < 4.78 is 0. The van der Waals surface area contributed by atoms with Crippen molar-refractivity contribution in [3.8, 4) is 0 Å². The number of hydrogen-bond donors (Lipinski definition) is 1. The monoisotopic (exact) mass is 348 g/mol. The van der Waals surface area contributed by atoms with Crippen LogP contribution < -0.4 is 5.32 Å². The van der Waals surface area contributed by atoms with E-state index in [1.165, 1.54) is 11.1 Å². The average Bonchev–Trinajstić information content (AvgIpc) is 3.33. The van der Waals surface area contributed by atoms with Gasteiger partial charge in [-0.25, -0.2) is 0 Å². The number of benzene rings is 1. The first-order valence-electron chi connectivity index (χ1n) is 8.34. The van der Waals surface area contributed by atoms with Crippen LogP contribution in [0.15, 0.2) is 29.3 Å². The highest BCUT2D eigenvalue weighted by atomic mass is 32.2. The van der Waals surface area contributed by atoms with E-state index in [-0.39, 0.29) is 5.91 Å². The van der Waals surface area contributed by atoms with Gasteiger partial charge in [0.05, 0.1) is 13.1 Å². The van der Waals surface area contributed by atoms with Crippen LogP contribution in [0.4, 0.5) is 0 Å². The summed E-state index contributed by atoms with van der Waals surface area (Å²) >= 11 is 1.72. The Bertz CT molecular complexity index is 559. The third-order valence-corrected chi connectivity index (χ3v) is 5.61. The van der Waals surface area contributed by atoms with Crippen molar-refractivity contribution in [1.29, 1.82) is 0 Å². The molecule has 0 unspecified atom stereocenters. The van der Waals surface area contributed by atoms with Crippen LogP contribution >= 0.6 is 11.8 Å². The van der Waals surface area contributed by atoms with Gasteiger partial charge in [-0.05, 0) is 31.1 Å². The van der Waals surface area contributed by atoms with Crippen LogP contribution in [-0.4, -0.2) is 38.0 Å². The molecule has 1 aromatic rings. The topological polar surface area (TPSA) is 41.5 Å². The molecule has 3 nitrogen and oxygen atoms in total. The van der Waals surface area contributed by atoms with Crippen LogP contribution in [0.5, 0.6) is 0 Å². The zero-order chi connectivity index (χ0) is 16.9. The van der Waals surface area contributed by atoms with Crippen molar-refractivity contribution in [3.63, 3.8) is 0 Å². The van der Waals surface area contributed by atoms with E-state index in [0.717, 1.165) is 37.0 Å². The Morgan fingerprint density at radius 3 is 2.43 bits per heavy atom. The molecule has 0 radical (unpaired) electrons. The molecule has 1 aliphatic carbocycles. The number of amides is 1. The van der Waals surface area contributed by atoms with Gasteiger partial charge in [0.15, 0.2) is 0 Å². The quantitative estimate of drug-likeness (QED) is 0.463. The fraction of sp³-hybridized carbons (Fsp3) is 0.556. The first kappa shape index (κ1) is 18.3. The molecule has 0 heterocycles. The first-order chi connectivity index (χ1) is 10.9. The van der Waals surface area contributed by atoms with Gasteiger partial charge in [0.25, 0.3) is 0 Å². The highest BCUT2D eigenvalue weighted by molar-refractivity contribution is 8.13. The van der Waals surface area contributed by atoms with Crippen LogP contribution in [0.1, 0.15) is 24.0 Å². The Balaban J connectivity index is 1.88. The van der Waals surface area contributed by atoms with Crippen LogP contribution in [0.25, 0.3) is 0 Å². The van der Waals surface area contributed by atoms with E-state index in [4.69, 9.17) is 4.99 Å². The third kappa shape index (κ3) is 6.51. The van der Waals surface area contributed by atoms with E-state index in [1.807, 2.05) is 0 Å². The van der Waals surface area contributed by atoms with Gasteiger partial charge in [0.1, 0.15) is 0 Å². The second-order valence-corrected chi connectivity index (χ2v) is 13.6. The molecule has 1 saturated carbocycles. The first-order valence-corrected chi connectivity index (χ1v) is 13.3. The van der Waals surface area contributed by atoms with Crippen molar-refractivity contribution in [2.24, 2.45) is 10.9 Å². The van der Waals surface area contributed by atoms with Crippen molar-refractivity contribution >= 4 is 30.8 Å². The largest absolute Gasteiger partial charge is 0.356 e. The number of nitrogens with zero attached hydrogens (tertiary/aromatic N) is 1. The number of carbonyl (C=O) groups excluding carboxylic acids is 1. The number of rotatable bonds is 7. The second kappa shape index (κ2) is 8.15. The molecule has 1 aliphatic rings. The zero-order valence-electron chi connectivity index (χ0n) is 14.7. The molecular formula is C18H28N2OSSi. The van der Waals surface area contributed by atoms with Crippen molar-refractivity contribution in [2.75, 3.05) is 19.0 Å². The summed E-state index contributed by atoms with van der Waals surface area (Å²) in [5.41, 5.74) is 2.46. The van der Waals surface area contributed by atoms with Crippen molar-refractivity contribution in [2.45, 2.75) is 38.9 Å². The number of nitrogens with one attached hydrogen (secondary N) is 1. The molecule has 1 aromatic carbocycles. The lowest BCUT2D eigenvalue weighted by Gasteiger charge is -2.13. The van der Waals surface area contributed by atoms with Gasteiger partial charge in [-0.2, -0.15) is 0 Å². The zero-order valence-corrected chi connectivity index (χ0v) is 16.5. The Labute approximate surface area is 145 Å². The maximum atomic E-state index is 11.6. The lowest BCUT2D eigenvalue weighted by atomic mass is 10.1. The predicted octanol–water partition coefficient (Wildman–Crippen LogP) is 3.74. The smallest absolute Gasteiger partial charge is 0.223 e. The van der Waals surface area contributed by atoms with Crippen LogP contribution in [0.2, 0.25) is 19.6 Å². The highest BCUT2D eigenvalue weighted by Crippen LogP contribution is 2.28. The van der Waals surface area contributed by atoms with Crippen molar-refractivity contribution < 1.29 is 4.79 Å². The number of aliphatic imine (C=N–C) groups is 1. The van der Waals surface area contributed by atoms with Gasteiger partial charge in [-0.15, -0.1) is 11.8 Å². The molecule has 0 spiro atoms. The summed E-state index contributed by atoms with van der Waals surface area (Å²) in [6.45, 7) is 7.75. The van der Waals surface area contributed by atoms with Gasteiger partial charge >= 0.3 is 0 Å². The third-order valence-electron chi connectivity index (χ3n) is 3.75. The van der Waals surface area contributed by atoms with E-state index >= 15 is 0 Å². The normalized spacial score (nSPS) is 15.6. The Morgan fingerprint density at radius 2 is 1.91 bits per heavy atom. The maximum Gasteiger partial charge on any atom is 0.223 e. The molecule has 1 amide bonds. The van der Waals surface area contributed by atoms with Crippen LogP contribution in [0.3, 0.4) is 0 Å². The van der Waals surface area contributed by atoms with Gasteiger partial charge in [0.2, 0.25) is 5.91 Å². The minimum atomic E-state index is -1.15. The number of hydrogen-bond acceptors (Lipinski definition) is 3. The van der Waals surface area contributed by atoms with E-state index < -0.39 is 8.07 Å². The Hall–Kier alpha value is -1.07. The van der Waals surface area contributed by atoms with Gasteiger partial charge in [-0.1, -0.05) is 43.9 Å². The summed E-state index contributed by atoms with van der Waals surface area (Å²) in [7, 11) is -1.15. The van der Waals surface area contributed by atoms with Gasteiger partial charge < -0.3 is 5.32 Å². The summed E-state index contributed by atoms with van der Waals surface area (Å²) in [4.78, 5) is 16.4. The number of thioether (sulfide) groups is 1. The molecule has 0 atom stereocenters. The molecule has 126 valence electrons. The molecule has 1 fully saturated rings. The van der Waals surface area contributed by atoms with E-state index in [9.17, 15) is 4.79 Å². The summed E-state index contributed by atoms with van der Waals surface area (Å²) in [5.74, 6) is 0.522. The maximum absolute atomic E-state index is 11.6. The molecule has 23 heavy (non-hydrogen) atoms. The molecular weight excluding hydrogens is 320 g/mol. The van der Waals surface area contributed by atoms with Gasteiger partial charge in [-0.3, -0.25) is 9.79 Å². The van der Waals surface area contributed by atoms with Crippen LogP contribution in [0, 0.1) is 5.92 Å². The highest BCUT2D eigenvalue weighted by Gasteiger charge is 2.28. The summed E-state index contributed by atoms with van der Waals surface area (Å²) in [6, 6.07) is 8.60. The Morgan fingerprint density at radius 1 is 1.26 bits per heavy atom. The fourth-order valence-electron chi connectivity index (χ4n) is 2.22. The van der Waals surface area contributed by atoms with E-state index in [2.05, 4.69) is 55.5 Å². The lowest BCUT2D eigenvalue weighted by molar-refractivity contribution is -0.122. The Kier molecular flexibility index (Phi) is 6.47. The molecule has 0 aromatic heterocycles. The predicted molar refractivity (Wildman–Crippen MR) is 104 cm³/mol. The summed E-state index contributed by atoms with van der Waals surface area (Å²) in [6.07, 6.45) is 6.07. The summed E-state index contributed by atoms with van der Waals surface area (Å²) in [5, 5.41) is 4.14. The molecule has 1 N–H and O–H groups in total. The number of carbonyl (C=O) groups is 1. The van der Waals surface area contributed by atoms with Crippen molar-refractivity contribution in [1.82, 2.24) is 5.32 Å². The molecule has 5 heteroatoms. The molecule has 2 rings (SSSR count). The van der Waals surface area contributed by atoms with Crippen LogP contribution in [-0.2, 0) is 11.2 Å². The molecule has 0 bridgehead atoms. The fourth-order valence-corrected chi connectivity index (χ4v) is 3.53. The minimum Gasteiger partial charge on any atom is -0.356 e. The lowest BCUT2D eigenvalue weighted by Crippen LogP contribution is -2.26. The van der Waals surface area contributed by atoms with E-state index in [1.54, 1.807) is 11.8 Å². The SMILES string of the molecule is CSC(=NC[Si](C)(C)C)c1ccc(CCNC(=O)C2CC2)cc1. The van der Waals surface area contributed by atoms with Gasteiger partial charge in [0, 0.05) is 24.2 Å². The molecule has 0 saturated heterocycles.